The molecule has 128 valence electrons. The first kappa shape index (κ1) is 16.9. The van der Waals surface area contributed by atoms with Crippen LogP contribution in [0.3, 0.4) is 0 Å². The van der Waals surface area contributed by atoms with Gasteiger partial charge in [-0.1, -0.05) is 0 Å². The van der Waals surface area contributed by atoms with E-state index in [2.05, 4.69) is 0 Å². The number of amides is 1. The van der Waals surface area contributed by atoms with Crippen molar-refractivity contribution >= 4 is 27.3 Å². The van der Waals surface area contributed by atoms with E-state index in [4.69, 9.17) is 4.74 Å². The van der Waals surface area contributed by atoms with Gasteiger partial charge in [0.15, 0.2) is 0 Å². The highest BCUT2D eigenvalue weighted by atomic mass is 32.2. The van der Waals surface area contributed by atoms with Crippen LogP contribution in [0.25, 0.3) is 0 Å². The second-order valence-electron chi connectivity index (χ2n) is 6.10. The van der Waals surface area contributed by atoms with Crippen LogP contribution in [-0.4, -0.2) is 61.9 Å². The number of nitrogens with zero attached hydrogens (tertiary/aromatic N) is 2. The molecule has 2 atom stereocenters. The highest BCUT2D eigenvalue weighted by Gasteiger charge is 2.42. The SMILES string of the molecule is Cc1ccc(S(=O)(=O)N2CCCC2C(=O)N2CCOC(C)C2)s1. The van der Waals surface area contributed by atoms with Crippen molar-refractivity contribution in [3.05, 3.63) is 17.0 Å². The molecule has 0 N–H and O–H groups in total. The Kier molecular flexibility index (Phi) is 4.78. The first-order chi connectivity index (χ1) is 10.9. The number of morpholine rings is 1. The minimum absolute atomic E-state index is 0.000828. The summed E-state index contributed by atoms with van der Waals surface area (Å²) in [6.07, 6.45) is 1.31. The third-order valence-electron chi connectivity index (χ3n) is 4.32. The van der Waals surface area contributed by atoms with Gasteiger partial charge in [-0.25, -0.2) is 8.42 Å². The van der Waals surface area contributed by atoms with Gasteiger partial charge in [-0.3, -0.25) is 4.79 Å². The molecule has 0 aliphatic carbocycles. The standard InChI is InChI=1S/C15H22N2O4S2/c1-11-10-16(8-9-21-11)15(18)13-4-3-7-17(13)23(19,20)14-6-5-12(2)22-14/h5-6,11,13H,3-4,7-10H2,1-2H3. The predicted molar refractivity (Wildman–Crippen MR) is 88.0 cm³/mol. The van der Waals surface area contributed by atoms with Crippen LogP contribution < -0.4 is 0 Å². The van der Waals surface area contributed by atoms with Crippen molar-refractivity contribution in [1.29, 1.82) is 0 Å². The van der Waals surface area contributed by atoms with Gasteiger partial charge in [0, 0.05) is 24.5 Å². The van der Waals surface area contributed by atoms with Crippen molar-refractivity contribution in [2.75, 3.05) is 26.2 Å². The van der Waals surface area contributed by atoms with Gasteiger partial charge in [-0.05, 0) is 38.8 Å². The van der Waals surface area contributed by atoms with E-state index >= 15 is 0 Å². The predicted octanol–water partition coefficient (Wildman–Crippen LogP) is 1.46. The minimum Gasteiger partial charge on any atom is -0.375 e. The summed E-state index contributed by atoms with van der Waals surface area (Å²) < 4.78 is 32.9. The van der Waals surface area contributed by atoms with Gasteiger partial charge in [0.1, 0.15) is 10.3 Å². The van der Waals surface area contributed by atoms with Crippen molar-refractivity contribution in [3.8, 4) is 0 Å². The molecule has 6 nitrogen and oxygen atoms in total. The van der Waals surface area contributed by atoms with E-state index in [0.717, 1.165) is 11.3 Å². The summed E-state index contributed by atoms with van der Waals surface area (Å²) >= 11 is 1.26. The molecule has 2 aliphatic heterocycles. The lowest BCUT2D eigenvalue weighted by Crippen LogP contribution is -2.52. The van der Waals surface area contributed by atoms with Gasteiger partial charge >= 0.3 is 0 Å². The van der Waals surface area contributed by atoms with Gasteiger partial charge in [0.2, 0.25) is 5.91 Å². The van der Waals surface area contributed by atoms with Gasteiger partial charge in [-0.15, -0.1) is 11.3 Å². The summed E-state index contributed by atoms with van der Waals surface area (Å²) in [5, 5.41) is 0. The zero-order chi connectivity index (χ0) is 16.6. The first-order valence-corrected chi connectivity index (χ1v) is 10.1. The van der Waals surface area contributed by atoms with Crippen molar-refractivity contribution in [3.63, 3.8) is 0 Å². The molecule has 0 radical (unpaired) electrons. The highest BCUT2D eigenvalue weighted by molar-refractivity contribution is 7.91. The number of thiophene rings is 1. The molecule has 1 aromatic heterocycles. The van der Waals surface area contributed by atoms with Crippen LogP contribution in [0.5, 0.6) is 0 Å². The average Bonchev–Trinajstić information content (AvgIpc) is 3.15. The van der Waals surface area contributed by atoms with E-state index in [1.807, 2.05) is 13.8 Å². The summed E-state index contributed by atoms with van der Waals surface area (Å²) in [5.74, 6) is -0.0884. The third kappa shape index (κ3) is 3.31. The molecule has 1 aromatic rings. The summed E-state index contributed by atoms with van der Waals surface area (Å²) in [7, 11) is -3.59. The fraction of sp³-hybridized carbons (Fsp3) is 0.667. The smallest absolute Gasteiger partial charge is 0.253 e. The van der Waals surface area contributed by atoms with Crippen LogP contribution in [-0.2, 0) is 19.6 Å². The molecule has 1 amide bonds. The largest absolute Gasteiger partial charge is 0.375 e. The molecule has 23 heavy (non-hydrogen) atoms. The Labute approximate surface area is 141 Å². The zero-order valence-corrected chi connectivity index (χ0v) is 15.0. The molecule has 2 fully saturated rings. The molecule has 8 heteroatoms. The number of aryl methyl sites for hydroxylation is 1. The Hall–Kier alpha value is -0.960. The molecule has 0 aromatic carbocycles. The average molecular weight is 358 g/mol. The molecule has 0 bridgehead atoms. The van der Waals surface area contributed by atoms with E-state index < -0.39 is 16.1 Å². The molecule has 0 saturated carbocycles. The maximum absolute atomic E-state index is 12.9. The van der Waals surface area contributed by atoms with Crippen molar-refractivity contribution in [2.24, 2.45) is 0 Å². The van der Waals surface area contributed by atoms with E-state index in [9.17, 15) is 13.2 Å². The number of carbonyl (C=O) groups is 1. The summed E-state index contributed by atoms with van der Waals surface area (Å²) in [5.41, 5.74) is 0. The van der Waals surface area contributed by atoms with Crippen molar-refractivity contribution < 1.29 is 17.9 Å². The third-order valence-corrected chi connectivity index (χ3v) is 7.70. The van der Waals surface area contributed by atoms with Crippen LogP contribution in [0.4, 0.5) is 0 Å². The van der Waals surface area contributed by atoms with Crippen LogP contribution >= 0.6 is 11.3 Å². The van der Waals surface area contributed by atoms with Crippen molar-refractivity contribution in [1.82, 2.24) is 9.21 Å². The van der Waals surface area contributed by atoms with Gasteiger partial charge in [0.05, 0.1) is 12.7 Å². The normalized spacial score (nSPS) is 26.6. The van der Waals surface area contributed by atoms with E-state index in [1.165, 1.54) is 15.6 Å². The van der Waals surface area contributed by atoms with Crippen molar-refractivity contribution in [2.45, 2.75) is 43.0 Å². The molecule has 3 heterocycles. The summed E-state index contributed by atoms with van der Waals surface area (Å²) in [6, 6.07) is 2.85. The minimum atomic E-state index is -3.59. The zero-order valence-electron chi connectivity index (χ0n) is 13.4. The fourth-order valence-electron chi connectivity index (χ4n) is 3.17. The Morgan fingerprint density at radius 1 is 1.35 bits per heavy atom. The lowest BCUT2D eigenvalue weighted by molar-refractivity contribution is -0.141. The Morgan fingerprint density at radius 3 is 2.78 bits per heavy atom. The molecule has 2 saturated heterocycles. The molecular formula is C15H22N2O4S2. The molecule has 2 aliphatic rings. The number of carbonyl (C=O) groups excluding carboxylic acids is 1. The second kappa shape index (κ2) is 6.51. The van der Waals surface area contributed by atoms with Gasteiger partial charge in [0.25, 0.3) is 10.0 Å². The monoisotopic (exact) mass is 358 g/mol. The maximum atomic E-state index is 12.9. The summed E-state index contributed by atoms with van der Waals surface area (Å²) in [6.45, 7) is 5.79. The molecule has 2 unspecified atom stereocenters. The quantitative estimate of drug-likeness (QED) is 0.820. The number of rotatable bonds is 3. The number of hydrogen-bond acceptors (Lipinski definition) is 5. The lowest BCUT2D eigenvalue weighted by Gasteiger charge is -2.34. The molecular weight excluding hydrogens is 336 g/mol. The molecule has 3 rings (SSSR count). The summed E-state index contributed by atoms with van der Waals surface area (Å²) in [4.78, 5) is 15.5. The Balaban J connectivity index is 1.81. The maximum Gasteiger partial charge on any atom is 0.253 e. The first-order valence-electron chi connectivity index (χ1n) is 7.88. The topological polar surface area (TPSA) is 66.9 Å². The Bertz CT molecular complexity index is 685. The van der Waals surface area contributed by atoms with E-state index in [-0.39, 0.29) is 12.0 Å². The van der Waals surface area contributed by atoms with Crippen LogP contribution in [0.1, 0.15) is 24.6 Å². The number of hydrogen-bond donors (Lipinski definition) is 0. The van der Waals surface area contributed by atoms with Crippen LogP contribution in [0.2, 0.25) is 0 Å². The van der Waals surface area contributed by atoms with Crippen LogP contribution in [0, 0.1) is 6.92 Å². The molecule has 0 spiro atoms. The Morgan fingerprint density at radius 2 is 2.13 bits per heavy atom. The fourth-order valence-corrected chi connectivity index (χ4v) is 6.23. The lowest BCUT2D eigenvalue weighted by atomic mass is 10.2. The van der Waals surface area contributed by atoms with E-state index in [0.29, 0.717) is 36.9 Å². The van der Waals surface area contributed by atoms with Gasteiger partial charge in [-0.2, -0.15) is 4.31 Å². The van der Waals surface area contributed by atoms with E-state index in [1.54, 1.807) is 17.0 Å². The second-order valence-corrected chi connectivity index (χ2v) is 9.51. The number of sulfonamides is 1. The van der Waals surface area contributed by atoms with Crippen LogP contribution in [0.15, 0.2) is 16.3 Å². The van der Waals surface area contributed by atoms with Gasteiger partial charge < -0.3 is 9.64 Å². The number of ether oxygens (including phenoxy) is 1. The highest BCUT2D eigenvalue weighted by Crippen LogP contribution is 2.31.